The molecule has 102 valence electrons. The van der Waals surface area contributed by atoms with E-state index in [9.17, 15) is 0 Å². The molecule has 1 aromatic carbocycles. The monoisotopic (exact) mass is 269 g/mol. The summed E-state index contributed by atoms with van der Waals surface area (Å²) in [6.45, 7) is 7.53. The Morgan fingerprint density at radius 3 is 2.28 bits per heavy atom. The Morgan fingerprint density at radius 2 is 1.83 bits per heavy atom. The fraction of sp³-hybridized carbons (Fsp3) is 0.600. The van der Waals surface area contributed by atoms with Gasteiger partial charge in [0.2, 0.25) is 0 Å². The molecule has 0 aliphatic carbocycles. The van der Waals surface area contributed by atoms with E-state index in [1.807, 2.05) is 12.1 Å². The fourth-order valence-electron chi connectivity index (χ4n) is 2.19. The van der Waals surface area contributed by atoms with E-state index in [-0.39, 0.29) is 12.1 Å². The highest BCUT2D eigenvalue weighted by Gasteiger charge is 2.25. The minimum absolute atomic E-state index is 0.165. The van der Waals surface area contributed by atoms with Gasteiger partial charge in [-0.15, -0.1) is 0 Å². The van der Waals surface area contributed by atoms with Crippen LogP contribution in [-0.2, 0) is 4.74 Å². The lowest BCUT2D eigenvalue weighted by Crippen LogP contribution is -2.37. The highest BCUT2D eigenvalue weighted by atomic mass is 35.5. The summed E-state index contributed by atoms with van der Waals surface area (Å²) in [5.74, 6) is 0.458. The molecule has 2 atom stereocenters. The summed E-state index contributed by atoms with van der Waals surface area (Å²) in [4.78, 5) is 0. The Hall–Kier alpha value is -0.570. The highest BCUT2D eigenvalue weighted by molar-refractivity contribution is 6.30. The summed E-state index contributed by atoms with van der Waals surface area (Å²) in [6, 6.07) is 8.23. The summed E-state index contributed by atoms with van der Waals surface area (Å²) in [5, 5.41) is 4.34. The van der Waals surface area contributed by atoms with E-state index in [0.29, 0.717) is 5.92 Å². The van der Waals surface area contributed by atoms with Crippen LogP contribution in [-0.4, -0.2) is 19.8 Å². The van der Waals surface area contributed by atoms with E-state index < -0.39 is 0 Å². The number of halogens is 1. The molecule has 1 rings (SSSR count). The van der Waals surface area contributed by atoms with E-state index in [2.05, 4.69) is 38.2 Å². The SMILES string of the molecule is CCCNC(c1ccc(Cl)cc1)C(OC)C(C)C. The molecule has 1 aromatic rings. The summed E-state index contributed by atoms with van der Waals surface area (Å²) in [6.07, 6.45) is 1.27. The van der Waals surface area contributed by atoms with Crippen molar-refractivity contribution < 1.29 is 4.74 Å². The molecular formula is C15H24ClNO. The van der Waals surface area contributed by atoms with E-state index in [1.54, 1.807) is 7.11 Å². The smallest absolute Gasteiger partial charge is 0.0788 e. The molecule has 0 spiro atoms. The Morgan fingerprint density at radius 1 is 1.22 bits per heavy atom. The van der Waals surface area contributed by atoms with Crippen molar-refractivity contribution in [3.05, 3.63) is 34.9 Å². The Kier molecular flexibility index (Phi) is 6.69. The van der Waals surface area contributed by atoms with Crippen molar-refractivity contribution in [3.63, 3.8) is 0 Å². The highest BCUT2D eigenvalue weighted by Crippen LogP contribution is 2.25. The molecule has 0 radical (unpaired) electrons. The van der Waals surface area contributed by atoms with Crippen molar-refractivity contribution in [1.82, 2.24) is 5.32 Å². The molecule has 0 fully saturated rings. The minimum Gasteiger partial charge on any atom is -0.379 e. The van der Waals surface area contributed by atoms with E-state index in [0.717, 1.165) is 18.0 Å². The van der Waals surface area contributed by atoms with E-state index >= 15 is 0 Å². The first-order valence-corrected chi connectivity index (χ1v) is 6.99. The zero-order valence-electron chi connectivity index (χ0n) is 11.7. The van der Waals surface area contributed by atoms with Gasteiger partial charge in [0.15, 0.2) is 0 Å². The number of rotatable bonds is 7. The number of benzene rings is 1. The van der Waals surface area contributed by atoms with E-state index in [4.69, 9.17) is 16.3 Å². The van der Waals surface area contributed by atoms with Gasteiger partial charge in [0, 0.05) is 12.1 Å². The number of nitrogens with one attached hydrogen (secondary N) is 1. The normalized spacial score (nSPS) is 14.8. The second kappa shape index (κ2) is 7.78. The molecule has 0 aliphatic heterocycles. The van der Waals surface area contributed by atoms with Crippen LogP contribution in [0.15, 0.2) is 24.3 Å². The summed E-state index contributed by atoms with van der Waals surface area (Å²) >= 11 is 5.95. The first-order chi connectivity index (χ1) is 8.60. The van der Waals surface area contributed by atoms with Gasteiger partial charge in [0.1, 0.15) is 0 Å². The molecule has 3 heteroatoms. The molecular weight excluding hydrogens is 246 g/mol. The number of hydrogen-bond acceptors (Lipinski definition) is 2. The van der Waals surface area contributed by atoms with Gasteiger partial charge in [0.05, 0.1) is 12.1 Å². The Bertz CT molecular complexity index is 337. The quantitative estimate of drug-likeness (QED) is 0.806. The maximum atomic E-state index is 5.95. The molecule has 1 N–H and O–H groups in total. The molecule has 0 aliphatic rings. The number of ether oxygens (including phenoxy) is 1. The summed E-state index contributed by atoms with van der Waals surface area (Å²) in [5.41, 5.74) is 1.23. The average Bonchev–Trinajstić information content (AvgIpc) is 2.35. The predicted molar refractivity (Wildman–Crippen MR) is 78.1 cm³/mol. The third-order valence-corrected chi connectivity index (χ3v) is 3.35. The van der Waals surface area contributed by atoms with Gasteiger partial charge in [-0.25, -0.2) is 0 Å². The van der Waals surface area contributed by atoms with Crippen LogP contribution in [0.2, 0.25) is 5.02 Å². The summed E-state index contributed by atoms with van der Waals surface area (Å²) < 4.78 is 5.66. The fourth-order valence-corrected chi connectivity index (χ4v) is 2.31. The summed E-state index contributed by atoms with van der Waals surface area (Å²) in [7, 11) is 1.78. The number of hydrogen-bond donors (Lipinski definition) is 1. The maximum absolute atomic E-state index is 5.95. The lowest BCUT2D eigenvalue weighted by molar-refractivity contribution is 0.0326. The van der Waals surface area contributed by atoms with Gasteiger partial charge in [-0.1, -0.05) is 44.5 Å². The van der Waals surface area contributed by atoms with Crippen LogP contribution in [0, 0.1) is 5.92 Å². The molecule has 2 unspecified atom stereocenters. The van der Waals surface area contributed by atoms with Gasteiger partial charge in [-0.05, 0) is 36.6 Å². The van der Waals surface area contributed by atoms with Crippen LogP contribution in [0.4, 0.5) is 0 Å². The van der Waals surface area contributed by atoms with Crippen molar-refractivity contribution in [2.75, 3.05) is 13.7 Å². The minimum atomic E-state index is 0.165. The third-order valence-electron chi connectivity index (χ3n) is 3.10. The van der Waals surface area contributed by atoms with Gasteiger partial charge in [0.25, 0.3) is 0 Å². The average molecular weight is 270 g/mol. The second-order valence-corrected chi connectivity index (χ2v) is 5.36. The zero-order valence-corrected chi connectivity index (χ0v) is 12.5. The van der Waals surface area contributed by atoms with Crippen LogP contribution in [0.25, 0.3) is 0 Å². The van der Waals surface area contributed by atoms with Crippen molar-refractivity contribution in [2.45, 2.75) is 39.3 Å². The van der Waals surface area contributed by atoms with Gasteiger partial charge < -0.3 is 10.1 Å². The van der Waals surface area contributed by atoms with Crippen molar-refractivity contribution in [3.8, 4) is 0 Å². The maximum Gasteiger partial charge on any atom is 0.0788 e. The van der Waals surface area contributed by atoms with Crippen LogP contribution in [0.5, 0.6) is 0 Å². The first-order valence-electron chi connectivity index (χ1n) is 6.61. The standard InChI is InChI=1S/C15H24ClNO/c1-5-10-17-14(15(18-4)11(2)3)12-6-8-13(16)9-7-12/h6-9,11,14-15,17H,5,10H2,1-4H3. The topological polar surface area (TPSA) is 21.3 Å². The van der Waals surface area contributed by atoms with Gasteiger partial charge in [-0.2, -0.15) is 0 Å². The Labute approximate surface area is 116 Å². The molecule has 0 heterocycles. The third kappa shape index (κ3) is 4.27. The largest absolute Gasteiger partial charge is 0.379 e. The molecule has 0 aromatic heterocycles. The first kappa shape index (κ1) is 15.5. The zero-order chi connectivity index (χ0) is 13.5. The molecule has 0 amide bonds. The predicted octanol–water partition coefficient (Wildman–Crippen LogP) is 4.05. The van der Waals surface area contributed by atoms with Crippen molar-refractivity contribution in [2.24, 2.45) is 5.92 Å². The van der Waals surface area contributed by atoms with Crippen molar-refractivity contribution in [1.29, 1.82) is 0 Å². The van der Waals surface area contributed by atoms with Gasteiger partial charge >= 0.3 is 0 Å². The Balaban J connectivity index is 2.92. The van der Waals surface area contributed by atoms with Crippen LogP contribution < -0.4 is 5.32 Å². The van der Waals surface area contributed by atoms with Crippen molar-refractivity contribution >= 4 is 11.6 Å². The molecule has 2 nitrogen and oxygen atoms in total. The molecule has 18 heavy (non-hydrogen) atoms. The lowest BCUT2D eigenvalue weighted by atomic mass is 9.93. The number of methoxy groups -OCH3 is 1. The molecule has 0 saturated carbocycles. The van der Waals surface area contributed by atoms with Crippen LogP contribution in [0.3, 0.4) is 0 Å². The van der Waals surface area contributed by atoms with Crippen LogP contribution >= 0.6 is 11.6 Å². The second-order valence-electron chi connectivity index (χ2n) is 4.93. The molecule has 0 saturated heterocycles. The lowest BCUT2D eigenvalue weighted by Gasteiger charge is -2.30. The molecule has 0 bridgehead atoms. The van der Waals surface area contributed by atoms with Crippen LogP contribution in [0.1, 0.15) is 38.8 Å². The van der Waals surface area contributed by atoms with E-state index in [1.165, 1.54) is 5.56 Å². The van der Waals surface area contributed by atoms with Gasteiger partial charge in [-0.3, -0.25) is 0 Å².